The number of carbonyl (C=O) groups excluding carboxylic acids is 1. The number of rotatable bonds is 3. The maximum atomic E-state index is 13.1. The van der Waals surface area contributed by atoms with E-state index in [-0.39, 0.29) is 17.1 Å². The molecule has 1 saturated carbocycles. The van der Waals surface area contributed by atoms with E-state index in [1.807, 2.05) is 0 Å². The molecule has 0 spiro atoms. The SMILES string of the molecule is Cc1cc(C(=O)NCC2CCC(Cl)C2)ccc1F. The van der Waals surface area contributed by atoms with Gasteiger partial charge in [-0.1, -0.05) is 0 Å². The highest BCUT2D eigenvalue weighted by molar-refractivity contribution is 6.20. The van der Waals surface area contributed by atoms with E-state index in [0.29, 0.717) is 23.6 Å². The van der Waals surface area contributed by atoms with Crippen LogP contribution in [0.25, 0.3) is 0 Å². The van der Waals surface area contributed by atoms with Gasteiger partial charge in [0.1, 0.15) is 5.82 Å². The number of alkyl halides is 1. The van der Waals surface area contributed by atoms with Gasteiger partial charge >= 0.3 is 0 Å². The van der Waals surface area contributed by atoms with Crippen LogP contribution in [0, 0.1) is 18.7 Å². The van der Waals surface area contributed by atoms with Crippen LogP contribution >= 0.6 is 11.6 Å². The predicted octanol–water partition coefficient (Wildman–Crippen LogP) is 3.27. The fourth-order valence-electron chi connectivity index (χ4n) is 2.32. The number of aryl methyl sites for hydroxylation is 1. The summed E-state index contributed by atoms with van der Waals surface area (Å²) in [6.45, 7) is 2.31. The van der Waals surface area contributed by atoms with Crippen LogP contribution in [-0.4, -0.2) is 17.8 Å². The highest BCUT2D eigenvalue weighted by Crippen LogP contribution is 2.28. The molecule has 0 aromatic heterocycles. The molecular weight excluding hydrogens is 253 g/mol. The summed E-state index contributed by atoms with van der Waals surface area (Å²) >= 11 is 6.02. The lowest BCUT2D eigenvalue weighted by atomic mass is 10.1. The minimum atomic E-state index is -0.285. The molecule has 1 aromatic carbocycles. The Hall–Kier alpha value is -1.09. The standard InChI is InChI=1S/C14H17ClFNO/c1-9-6-11(3-5-13(9)16)14(18)17-8-10-2-4-12(15)7-10/h3,5-6,10,12H,2,4,7-8H2,1H3,(H,17,18). The topological polar surface area (TPSA) is 29.1 Å². The van der Waals surface area contributed by atoms with Gasteiger partial charge in [-0.05, 0) is 55.9 Å². The molecule has 1 aromatic rings. The molecule has 2 nitrogen and oxygen atoms in total. The van der Waals surface area contributed by atoms with Crippen LogP contribution in [0.3, 0.4) is 0 Å². The van der Waals surface area contributed by atoms with E-state index in [1.54, 1.807) is 13.0 Å². The third-order valence-corrected chi connectivity index (χ3v) is 3.85. The van der Waals surface area contributed by atoms with Gasteiger partial charge in [0.25, 0.3) is 5.91 Å². The lowest BCUT2D eigenvalue weighted by molar-refractivity contribution is 0.0947. The number of carbonyl (C=O) groups is 1. The van der Waals surface area contributed by atoms with Gasteiger partial charge in [0.15, 0.2) is 0 Å². The largest absolute Gasteiger partial charge is 0.352 e. The molecule has 0 aliphatic heterocycles. The minimum absolute atomic E-state index is 0.142. The molecule has 1 fully saturated rings. The Morgan fingerprint density at radius 2 is 2.28 bits per heavy atom. The van der Waals surface area contributed by atoms with Gasteiger partial charge in [-0.3, -0.25) is 4.79 Å². The Morgan fingerprint density at radius 3 is 2.89 bits per heavy atom. The molecule has 1 N–H and O–H groups in total. The molecule has 0 bridgehead atoms. The first-order valence-corrected chi connectivity index (χ1v) is 6.68. The molecule has 2 atom stereocenters. The van der Waals surface area contributed by atoms with Crippen molar-refractivity contribution in [1.29, 1.82) is 0 Å². The lowest BCUT2D eigenvalue weighted by Crippen LogP contribution is -2.28. The first kappa shape index (κ1) is 13.3. The van der Waals surface area contributed by atoms with Gasteiger partial charge in [-0.25, -0.2) is 4.39 Å². The third-order valence-electron chi connectivity index (χ3n) is 3.45. The normalized spacial score (nSPS) is 23.1. The summed E-state index contributed by atoms with van der Waals surface area (Å²) in [5, 5.41) is 3.14. The first-order valence-electron chi connectivity index (χ1n) is 6.24. The fraction of sp³-hybridized carbons (Fsp3) is 0.500. The van der Waals surface area contributed by atoms with Gasteiger partial charge in [0.2, 0.25) is 0 Å². The van der Waals surface area contributed by atoms with Crippen molar-refractivity contribution in [2.45, 2.75) is 31.6 Å². The maximum Gasteiger partial charge on any atom is 0.251 e. The van der Waals surface area contributed by atoms with E-state index in [4.69, 9.17) is 11.6 Å². The highest BCUT2D eigenvalue weighted by Gasteiger charge is 2.23. The van der Waals surface area contributed by atoms with Crippen molar-refractivity contribution in [2.24, 2.45) is 5.92 Å². The summed E-state index contributed by atoms with van der Waals surface area (Å²) in [7, 11) is 0. The van der Waals surface area contributed by atoms with E-state index in [1.165, 1.54) is 12.1 Å². The quantitative estimate of drug-likeness (QED) is 0.839. The maximum absolute atomic E-state index is 13.1. The van der Waals surface area contributed by atoms with Crippen molar-refractivity contribution in [1.82, 2.24) is 5.32 Å². The summed E-state index contributed by atoms with van der Waals surface area (Å²) in [6.07, 6.45) is 3.05. The Balaban J connectivity index is 1.89. The van der Waals surface area contributed by atoms with E-state index in [9.17, 15) is 9.18 Å². The zero-order valence-electron chi connectivity index (χ0n) is 10.4. The van der Waals surface area contributed by atoms with Crippen molar-refractivity contribution >= 4 is 17.5 Å². The molecule has 1 aliphatic rings. The molecule has 1 aliphatic carbocycles. The van der Waals surface area contributed by atoms with Crippen molar-refractivity contribution in [3.63, 3.8) is 0 Å². The number of hydrogen-bond donors (Lipinski definition) is 1. The molecule has 98 valence electrons. The number of amides is 1. The number of hydrogen-bond acceptors (Lipinski definition) is 1. The van der Waals surface area contributed by atoms with Crippen LogP contribution in [0.15, 0.2) is 18.2 Å². The average Bonchev–Trinajstić information content (AvgIpc) is 2.75. The van der Waals surface area contributed by atoms with Gasteiger partial charge < -0.3 is 5.32 Å². The second-order valence-electron chi connectivity index (χ2n) is 4.95. The van der Waals surface area contributed by atoms with Crippen LogP contribution in [0.2, 0.25) is 0 Å². The Morgan fingerprint density at radius 1 is 1.50 bits per heavy atom. The van der Waals surface area contributed by atoms with Gasteiger partial charge in [-0.2, -0.15) is 0 Å². The summed E-state index contributed by atoms with van der Waals surface area (Å²) in [5.41, 5.74) is 0.999. The van der Waals surface area contributed by atoms with Crippen LogP contribution < -0.4 is 5.32 Å². The smallest absolute Gasteiger partial charge is 0.251 e. The number of halogens is 2. The van der Waals surface area contributed by atoms with Crippen LogP contribution in [0.1, 0.15) is 35.2 Å². The first-order chi connectivity index (χ1) is 8.56. The van der Waals surface area contributed by atoms with Gasteiger partial charge in [-0.15, -0.1) is 11.6 Å². The van der Waals surface area contributed by atoms with Crippen LogP contribution in [-0.2, 0) is 0 Å². The second kappa shape index (κ2) is 5.70. The molecule has 0 saturated heterocycles. The molecule has 0 radical (unpaired) electrons. The van der Waals surface area contributed by atoms with Crippen molar-refractivity contribution in [2.75, 3.05) is 6.54 Å². The molecule has 18 heavy (non-hydrogen) atoms. The molecule has 2 rings (SSSR count). The van der Waals surface area contributed by atoms with Crippen molar-refractivity contribution < 1.29 is 9.18 Å². The lowest BCUT2D eigenvalue weighted by Gasteiger charge is -2.11. The van der Waals surface area contributed by atoms with E-state index in [2.05, 4.69) is 5.32 Å². The molecule has 0 heterocycles. The molecule has 4 heteroatoms. The van der Waals surface area contributed by atoms with Gasteiger partial charge in [0, 0.05) is 17.5 Å². The highest BCUT2D eigenvalue weighted by atomic mass is 35.5. The predicted molar refractivity (Wildman–Crippen MR) is 70.5 cm³/mol. The van der Waals surface area contributed by atoms with Gasteiger partial charge in [0.05, 0.1) is 0 Å². The number of nitrogens with one attached hydrogen (secondary N) is 1. The van der Waals surface area contributed by atoms with E-state index < -0.39 is 0 Å². The Labute approximate surface area is 112 Å². The van der Waals surface area contributed by atoms with Crippen molar-refractivity contribution in [3.05, 3.63) is 35.1 Å². The molecule has 2 unspecified atom stereocenters. The average molecular weight is 270 g/mol. The third kappa shape index (κ3) is 3.22. The van der Waals surface area contributed by atoms with Crippen LogP contribution in [0.4, 0.5) is 4.39 Å². The fourth-order valence-corrected chi connectivity index (χ4v) is 2.70. The van der Waals surface area contributed by atoms with Crippen LogP contribution in [0.5, 0.6) is 0 Å². The van der Waals surface area contributed by atoms with E-state index in [0.717, 1.165) is 19.3 Å². The summed E-state index contributed by atoms with van der Waals surface area (Å²) < 4.78 is 13.1. The zero-order valence-corrected chi connectivity index (χ0v) is 11.1. The Kier molecular flexibility index (Phi) is 4.23. The summed E-state index contributed by atoms with van der Waals surface area (Å²) in [5.74, 6) is 0.0430. The molecule has 1 amide bonds. The monoisotopic (exact) mass is 269 g/mol. The Bertz CT molecular complexity index is 449. The zero-order chi connectivity index (χ0) is 13.1. The van der Waals surface area contributed by atoms with Crippen molar-refractivity contribution in [3.8, 4) is 0 Å². The number of benzene rings is 1. The van der Waals surface area contributed by atoms with E-state index >= 15 is 0 Å². The summed E-state index contributed by atoms with van der Waals surface area (Å²) in [6, 6.07) is 4.41. The molecular formula is C14H17ClFNO. The minimum Gasteiger partial charge on any atom is -0.352 e. The second-order valence-corrected chi connectivity index (χ2v) is 5.57. The summed E-state index contributed by atoms with van der Waals surface area (Å²) in [4.78, 5) is 11.9.